The molecular weight excluding hydrogens is 262 g/mol. The van der Waals surface area contributed by atoms with Gasteiger partial charge in [-0.2, -0.15) is 10.2 Å². The van der Waals surface area contributed by atoms with Crippen LogP contribution in [-0.4, -0.2) is 26.1 Å². The molecule has 2 rings (SSSR count). The largest absolute Gasteiger partial charge is 0.309 e. The molecular formula is C13H20ClN5. The quantitative estimate of drug-likeness (QED) is 0.791. The summed E-state index contributed by atoms with van der Waals surface area (Å²) in [6, 6.07) is 1.93. The Labute approximate surface area is 118 Å². The van der Waals surface area contributed by atoms with Crippen LogP contribution in [0.3, 0.4) is 0 Å². The van der Waals surface area contributed by atoms with Crippen LogP contribution in [0.4, 0.5) is 0 Å². The van der Waals surface area contributed by atoms with E-state index >= 15 is 0 Å². The molecule has 0 aliphatic carbocycles. The van der Waals surface area contributed by atoms with E-state index in [1.54, 1.807) is 6.20 Å². The third-order valence-electron chi connectivity index (χ3n) is 3.06. The van der Waals surface area contributed by atoms with E-state index in [1.165, 1.54) is 0 Å². The number of rotatable bonds is 7. The summed E-state index contributed by atoms with van der Waals surface area (Å²) in [6.45, 7) is 7.44. The van der Waals surface area contributed by atoms with Gasteiger partial charge in [0.15, 0.2) is 0 Å². The Hall–Kier alpha value is -1.33. The van der Waals surface area contributed by atoms with Crippen LogP contribution in [-0.2, 0) is 26.1 Å². The maximum Gasteiger partial charge on any atom is 0.0863 e. The number of hydrogen-bond acceptors (Lipinski definition) is 3. The average molecular weight is 282 g/mol. The monoisotopic (exact) mass is 281 g/mol. The number of aromatic nitrogens is 4. The first kappa shape index (κ1) is 14.1. The van der Waals surface area contributed by atoms with Crippen molar-refractivity contribution in [3.8, 4) is 0 Å². The normalized spacial score (nSPS) is 11.1. The van der Waals surface area contributed by atoms with Gasteiger partial charge in [0.25, 0.3) is 0 Å². The summed E-state index contributed by atoms with van der Waals surface area (Å²) in [4.78, 5) is 0. The van der Waals surface area contributed by atoms with E-state index in [1.807, 2.05) is 21.6 Å². The lowest BCUT2D eigenvalue weighted by Gasteiger charge is -2.07. The van der Waals surface area contributed by atoms with Crippen molar-refractivity contribution in [3.05, 3.63) is 34.9 Å². The van der Waals surface area contributed by atoms with Gasteiger partial charge in [-0.05, 0) is 19.4 Å². The molecule has 0 saturated carbocycles. The SMILES string of the molecule is CCc1nn(CC)c(CNCCn2cccn2)c1Cl. The number of halogens is 1. The minimum atomic E-state index is 0.737. The zero-order valence-electron chi connectivity index (χ0n) is 11.4. The lowest BCUT2D eigenvalue weighted by molar-refractivity contribution is 0.531. The van der Waals surface area contributed by atoms with Gasteiger partial charge >= 0.3 is 0 Å². The van der Waals surface area contributed by atoms with Crippen molar-refractivity contribution in [2.24, 2.45) is 0 Å². The van der Waals surface area contributed by atoms with Gasteiger partial charge in [-0.15, -0.1) is 0 Å². The third kappa shape index (κ3) is 3.36. The molecule has 0 atom stereocenters. The van der Waals surface area contributed by atoms with E-state index in [2.05, 4.69) is 29.4 Å². The minimum absolute atomic E-state index is 0.737. The summed E-state index contributed by atoms with van der Waals surface area (Å²) in [7, 11) is 0. The van der Waals surface area contributed by atoms with Crippen molar-refractivity contribution in [3.63, 3.8) is 0 Å². The topological polar surface area (TPSA) is 47.7 Å². The van der Waals surface area contributed by atoms with Crippen molar-refractivity contribution in [1.82, 2.24) is 24.9 Å². The second-order valence-electron chi connectivity index (χ2n) is 4.32. The summed E-state index contributed by atoms with van der Waals surface area (Å²) in [6.07, 6.45) is 4.61. The Balaban J connectivity index is 1.90. The summed E-state index contributed by atoms with van der Waals surface area (Å²) >= 11 is 6.35. The van der Waals surface area contributed by atoms with Crippen LogP contribution in [0.15, 0.2) is 18.5 Å². The summed E-state index contributed by atoms with van der Waals surface area (Å²) in [5.74, 6) is 0. The van der Waals surface area contributed by atoms with Gasteiger partial charge in [-0.3, -0.25) is 9.36 Å². The first-order valence-corrected chi connectivity index (χ1v) is 7.06. The zero-order chi connectivity index (χ0) is 13.7. The molecule has 0 aliphatic heterocycles. The van der Waals surface area contributed by atoms with Crippen LogP contribution in [0.1, 0.15) is 25.2 Å². The van der Waals surface area contributed by atoms with E-state index in [-0.39, 0.29) is 0 Å². The molecule has 0 saturated heterocycles. The highest BCUT2D eigenvalue weighted by atomic mass is 35.5. The summed E-state index contributed by atoms with van der Waals surface area (Å²) < 4.78 is 3.88. The second-order valence-corrected chi connectivity index (χ2v) is 4.70. The number of aryl methyl sites for hydroxylation is 2. The Bertz CT molecular complexity index is 503. The zero-order valence-corrected chi connectivity index (χ0v) is 12.2. The molecule has 1 N–H and O–H groups in total. The standard InChI is InChI=1S/C13H20ClN5/c1-3-11-13(14)12(19(4-2)17-11)10-15-7-9-18-8-5-6-16-18/h5-6,8,15H,3-4,7,9-10H2,1-2H3. The van der Waals surface area contributed by atoms with E-state index in [4.69, 9.17) is 11.6 Å². The Morgan fingerprint density at radius 3 is 2.84 bits per heavy atom. The van der Waals surface area contributed by atoms with E-state index < -0.39 is 0 Å². The predicted molar refractivity (Wildman–Crippen MR) is 76.2 cm³/mol. The first-order chi connectivity index (χ1) is 9.26. The molecule has 6 heteroatoms. The molecule has 0 fully saturated rings. The molecule has 2 heterocycles. The van der Waals surface area contributed by atoms with Crippen molar-refractivity contribution in [1.29, 1.82) is 0 Å². The Kier molecular flexibility index (Phi) is 4.99. The molecule has 2 aromatic heterocycles. The Morgan fingerprint density at radius 2 is 2.21 bits per heavy atom. The van der Waals surface area contributed by atoms with Gasteiger partial charge < -0.3 is 5.32 Å². The molecule has 0 radical (unpaired) electrons. The lowest BCUT2D eigenvalue weighted by atomic mass is 10.3. The van der Waals surface area contributed by atoms with Gasteiger partial charge in [-0.25, -0.2) is 0 Å². The van der Waals surface area contributed by atoms with Gasteiger partial charge in [0.1, 0.15) is 0 Å². The fourth-order valence-corrected chi connectivity index (χ4v) is 2.36. The molecule has 2 aromatic rings. The molecule has 0 aromatic carbocycles. The summed E-state index contributed by atoms with van der Waals surface area (Å²) in [5.41, 5.74) is 2.05. The highest BCUT2D eigenvalue weighted by Crippen LogP contribution is 2.21. The molecule has 0 amide bonds. The fraction of sp³-hybridized carbons (Fsp3) is 0.538. The lowest BCUT2D eigenvalue weighted by Crippen LogP contribution is -2.21. The van der Waals surface area contributed by atoms with Crippen LogP contribution in [0.25, 0.3) is 0 Å². The van der Waals surface area contributed by atoms with Crippen LogP contribution in [0, 0.1) is 0 Å². The maximum atomic E-state index is 6.35. The van der Waals surface area contributed by atoms with Crippen LogP contribution >= 0.6 is 11.6 Å². The van der Waals surface area contributed by atoms with Gasteiger partial charge in [0.2, 0.25) is 0 Å². The van der Waals surface area contributed by atoms with Crippen molar-refractivity contribution in [2.45, 2.75) is 39.9 Å². The number of nitrogens with zero attached hydrogens (tertiary/aromatic N) is 4. The highest BCUT2D eigenvalue weighted by Gasteiger charge is 2.13. The van der Waals surface area contributed by atoms with Crippen molar-refractivity contribution < 1.29 is 0 Å². The van der Waals surface area contributed by atoms with Gasteiger partial charge in [0.05, 0.1) is 23.0 Å². The minimum Gasteiger partial charge on any atom is -0.309 e. The molecule has 0 bridgehead atoms. The second kappa shape index (κ2) is 6.73. The average Bonchev–Trinajstić information content (AvgIpc) is 3.03. The van der Waals surface area contributed by atoms with Crippen LogP contribution in [0.5, 0.6) is 0 Å². The van der Waals surface area contributed by atoms with E-state index in [9.17, 15) is 0 Å². The molecule has 0 unspecified atom stereocenters. The van der Waals surface area contributed by atoms with Crippen LogP contribution < -0.4 is 5.32 Å². The summed E-state index contributed by atoms with van der Waals surface area (Å²) in [5, 5.41) is 12.9. The van der Waals surface area contributed by atoms with Gasteiger partial charge in [0, 0.05) is 32.0 Å². The third-order valence-corrected chi connectivity index (χ3v) is 3.50. The smallest absolute Gasteiger partial charge is 0.0863 e. The molecule has 104 valence electrons. The predicted octanol–water partition coefficient (Wildman–Crippen LogP) is 2.11. The van der Waals surface area contributed by atoms with E-state index in [0.29, 0.717) is 0 Å². The molecule has 5 nitrogen and oxygen atoms in total. The number of hydrogen-bond donors (Lipinski definition) is 1. The van der Waals surface area contributed by atoms with Crippen LogP contribution in [0.2, 0.25) is 5.02 Å². The molecule has 19 heavy (non-hydrogen) atoms. The molecule has 0 spiro atoms. The molecule has 0 aliphatic rings. The maximum absolute atomic E-state index is 6.35. The van der Waals surface area contributed by atoms with Gasteiger partial charge in [-0.1, -0.05) is 18.5 Å². The van der Waals surface area contributed by atoms with Crippen molar-refractivity contribution in [2.75, 3.05) is 6.54 Å². The van der Waals surface area contributed by atoms with Crippen molar-refractivity contribution >= 4 is 11.6 Å². The fourth-order valence-electron chi connectivity index (χ4n) is 2.02. The highest BCUT2D eigenvalue weighted by molar-refractivity contribution is 6.31. The van der Waals surface area contributed by atoms with E-state index in [0.717, 1.165) is 49.0 Å². The first-order valence-electron chi connectivity index (χ1n) is 6.68. The number of nitrogens with one attached hydrogen (secondary N) is 1. The Morgan fingerprint density at radius 1 is 1.37 bits per heavy atom.